The summed E-state index contributed by atoms with van der Waals surface area (Å²) in [4.78, 5) is 21.1. The number of fused-ring (bicyclic) bond motifs is 2. The molecular weight excluding hydrogens is 322 g/mol. The van der Waals surface area contributed by atoms with E-state index in [0.717, 1.165) is 42.5 Å². The van der Waals surface area contributed by atoms with Crippen molar-refractivity contribution in [2.24, 2.45) is 4.99 Å². The molecule has 126 valence electrons. The van der Waals surface area contributed by atoms with Gasteiger partial charge in [-0.1, -0.05) is 30.0 Å². The van der Waals surface area contributed by atoms with Crippen LogP contribution in [0, 0.1) is 0 Å². The maximum atomic E-state index is 12.6. The number of benzene rings is 1. The highest BCUT2D eigenvalue weighted by Crippen LogP contribution is 2.31. The van der Waals surface area contributed by atoms with E-state index in [2.05, 4.69) is 21.4 Å². The van der Waals surface area contributed by atoms with Crippen LogP contribution in [0.5, 0.6) is 5.75 Å². The minimum absolute atomic E-state index is 0.0513. The normalized spacial score (nSPS) is 21.5. The first-order valence-corrected chi connectivity index (χ1v) is 9.25. The zero-order valence-electron chi connectivity index (χ0n) is 13.8. The summed E-state index contributed by atoms with van der Waals surface area (Å²) in [6.45, 7) is 2.48. The van der Waals surface area contributed by atoms with Gasteiger partial charge in [-0.05, 0) is 23.5 Å². The van der Waals surface area contributed by atoms with Gasteiger partial charge in [0.2, 0.25) is 5.91 Å². The number of carbonyl (C=O) groups excluding carboxylic acids is 1. The number of hydrogen-bond acceptors (Lipinski definition) is 5. The average molecular weight is 343 g/mol. The van der Waals surface area contributed by atoms with Crippen LogP contribution in [-0.2, 0) is 11.2 Å². The number of amidine groups is 1. The third-order valence-corrected chi connectivity index (χ3v) is 5.56. The largest absolute Gasteiger partial charge is 0.488 e. The van der Waals surface area contributed by atoms with E-state index in [0.29, 0.717) is 13.0 Å². The Morgan fingerprint density at radius 2 is 2.33 bits per heavy atom. The fraction of sp³-hybridized carbons (Fsp3) is 0.444. The van der Waals surface area contributed by atoms with Gasteiger partial charge in [-0.25, -0.2) is 0 Å². The number of thioether (sulfide) groups is 1. The maximum Gasteiger partial charge on any atom is 0.228 e. The zero-order valence-corrected chi connectivity index (χ0v) is 14.6. The Hall–Kier alpha value is -1.95. The molecule has 4 rings (SSSR count). The predicted molar refractivity (Wildman–Crippen MR) is 96.1 cm³/mol. The highest BCUT2D eigenvalue weighted by atomic mass is 32.2. The van der Waals surface area contributed by atoms with Crippen molar-refractivity contribution in [1.29, 1.82) is 0 Å². The molecule has 0 bridgehead atoms. The Bertz CT molecular complexity index is 691. The van der Waals surface area contributed by atoms with E-state index in [1.54, 1.807) is 16.7 Å². The van der Waals surface area contributed by atoms with Gasteiger partial charge >= 0.3 is 0 Å². The molecule has 1 aromatic rings. The van der Waals surface area contributed by atoms with Crippen LogP contribution < -0.4 is 4.74 Å². The summed E-state index contributed by atoms with van der Waals surface area (Å²) in [6, 6.07) is 8.10. The second-order valence-electron chi connectivity index (χ2n) is 6.40. The van der Waals surface area contributed by atoms with Crippen LogP contribution in [0.4, 0.5) is 0 Å². The SMILES string of the molecule is CN(C[C@@H]1Cc2ccccc2O1)C(=O)CC1=CSC2=NCCCN12. The lowest BCUT2D eigenvalue weighted by Crippen LogP contribution is -2.38. The van der Waals surface area contributed by atoms with Crippen molar-refractivity contribution in [3.05, 3.63) is 40.9 Å². The predicted octanol–water partition coefficient (Wildman–Crippen LogP) is 2.49. The van der Waals surface area contributed by atoms with E-state index in [-0.39, 0.29) is 12.0 Å². The lowest BCUT2D eigenvalue weighted by atomic mass is 10.1. The number of likely N-dealkylation sites (N-methyl/N-ethyl adjacent to an activating group) is 1. The number of rotatable bonds is 4. The monoisotopic (exact) mass is 343 g/mol. The minimum atomic E-state index is 0.0513. The van der Waals surface area contributed by atoms with Crippen molar-refractivity contribution in [2.45, 2.75) is 25.4 Å². The number of para-hydroxylation sites is 1. The topological polar surface area (TPSA) is 45.1 Å². The lowest BCUT2D eigenvalue weighted by molar-refractivity contribution is -0.130. The first-order valence-electron chi connectivity index (χ1n) is 8.37. The molecule has 24 heavy (non-hydrogen) atoms. The summed E-state index contributed by atoms with van der Waals surface area (Å²) in [6.07, 6.45) is 2.41. The molecule has 1 atom stereocenters. The lowest BCUT2D eigenvalue weighted by Gasteiger charge is -2.27. The van der Waals surface area contributed by atoms with Gasteiger partial charge in [0.1, 0.15) is 11.9 Å². The number of amides is 1. The quantitative estimate of drug-likeness (QED) is 0.843. The average Bonchev–Trinajstić information content (AvgIpc) is 3.18. The number of nitrogens with zero attached hydrogens (tertiary/aromatic N) is 3. The molecule has 0 saturated heterocycles. The second kappa shape index (κ2) is 6.51. The van der Waals surface area contributed by atoms with Crippen LogP contribution in [-0.4, -0.2) is 53.7 Å². The molecule has 1 aromatic carbocycles. The summed E-state index contributed by atoms with van der Waals surface area (Å²) < 4.78 is 5.94. The number of hydrogen-bond donors (Lipinski definition) is 0. The second-order valence-corrected chi connectivity index (χ2v) is 7.24. The Morgan fingerprint density at radius 3 is 3.21 bits per heavy atom. The summed E-state index contributed by atoms with van der Waals surface area (Å²) in [5.74, 6) is 1.08. The van der Waals surface area contributed by atoms with Crippen LogP contribution in [0.15, 0.2) is 40.4 Å². The zero-order chi connectivity index (χ0) is 16.5. The molecule has 0 saturated carbocycles. The van der Waals surface area contributed by atoms with Gasteiger partial charge < -0.3 is 14.5 Å². The Balaban J connectivity index is 1.33. The summed E-state index contributed by atoms with van der Waals surface area (Å²) in [7, 11) is 1.86. The van der Waals surface area contributed by atoms with Crippen LogP contribution in [0.3, 0.4) is 0 Å². The van der Waals surface area contributed by atoms with Gasteiger partial charge in [0.25, 0.3) is 0 Å². The van der Waals surface area contributed by atoms with Gasteiger partial charge in [-0.15, -0.1) is 0 Å². The van der Waals surface area contributed by atoms with Gasteiger partial charge in [0, 0.05) is 32.3 Å². The van der Waals surface area contributed by atoms with Crippen molar-refractivity contribution < 1.29 is 9.53 Å². The molecule has 0 fully saturated rings. The Morgan fingerprint density at radius 1 is 1.46 bits per heavy atom. The first kappa shape index (κ1) is 15.6. The smallest absolute Gasteiger partial charge is 0.228 e. The Kier molecular flexibility index (Phi) is 4.22. The molecule has 6 heteroatoms. The molecule has 0 aliphatic carbocycles. The maximum absolute atomic E-state index is 12.6. The molecule has 5 nitrogen and oxygen atoms in total. The molecule has 0 radical (unpaired) electrons. The molecule has 0 spiro atoms. The molecule has 0 aromatic heterocycles. The summed E-state index contributed by atoms with van der Waals surface area (Å²) >= 11 is 1.63. The van der Waals surface area contributed by atoms with E-state index in [1.165, 1.54) is 5.56 Å². The molecule has 3 aliphatic rings. The highest BCUT2D eigenvalue weighted by Gasteiger charge is 2.29. The number of carbonyl (C=O) groups is 1. The van der Waals surface area contributed by atoms with E-state index in [4.69, 9.17) is 4.74 Å². The van der Waals surface area contributed by atoms with E-state index in [1.807, 2.05) is 25.2 Å². The van der Waals surface area contributed by atoms with Crippen molar-refractivity contribution in [2.75, 3.05) is 26.7 Å². The van der Waals surface area contributed by atoms with Crippen LogP contribution in [0.1, 0.15) is 18.4 Å². The molecule has 1 amide bonds. The number of aliphatic imine (C=N–C) groups is 1. The van der Waals surface area contributed by atoms with Crippen molar-refractivity contribution >= 4 is 22.8 Å². The van der Waals surface area contributed by atoms with Crippen LogP contribution >= 0.6 is 11.8 Å². The van der Waals surface area contributed by atoms with E-state index >= 15 is 0 Å². The number of ether oxygens (including phenoxy) is 1. The van der Waals surface area contributed by atoms with Crippen molar-refractivity contribution in [3.63, 3.8) is 0 Å². The fourth-order valence-corrected chi connectivity index (χ4v) is 4.28. The highest BCUT2D eigenvalue weighted by molar-refractivity contribution is 8.16. The van der Waals surface area contributed by atoms with Crippen molar-refractivity contribution in [1.82, 2.24) is 9.80 Å². The van der Waals surface area contributed by atoms with Crippen LogP contribution in [0.25, 0.3) is 0 Å². The van der Waals surface area contributed by atoms with Crippen LogP contribution in [0.2, 0.25) is 0 Å². The third-order valence-electron chi connectivity index (χ3n) is 4.61. The van der Waals surface area contributed by atoms with Crippen molar-refractivity contribution in [3.8, 4) is 5.75 Å². The first-order chi connectivity index (χ1) is 11.7. The molecule has 3 aliphatic heterocycles. The summed E-state index contributed by atoms with van der Waals surface area (Å²) in [5.41, 5.74) is 2.30. The summed E-state index contributed by atoms with van der Waals surface area (Å²) in [5, 5.41) is 3.11. The van der Waals surface area contributed by atoms with E-state index < -0.39 is 0 Å². The third kappa shape index (κ3) is 3.02. The molecular formula is C18H21N3O2S. The van der Waals surface area contributed by atoms with Gasteiger partial charge in [-0.3, -0.25) is 9.79 Å². The van der Waals surface area contributed by atoms with Gasteiger partial charge in [0.05, 0.1) is 13.0 Å². The molecule has 3 heterocycles. The molecule has 0 N–H and O–H groups in total. The Labute approximate surface area is 146 Å². The molecule has 0 unspecified atom stereocenters. The minimum Gasteiger partial charge on any atom is -0.488 e. The van der Waals surface area contributed by atoms with Gasteiger partial charge in [-0.2, -0.15) is 0 Å². The fourth-order valence-electron chi connectivity index (χ4n) is 3.33. The standard InChI is InChI=1S/C18H21N3O2S/c1-20(11-15-9-13-5-2-3-6-16(13)23-15)17(22)10-14-12-24-18-19-7-4-8-21(14)18/h2-3,5-6,12,15H,4,7-11H2,1H3/t15-/m0/s1. The van der Waals surface area contributed by atoms with E-state index in [9.17, 15) is 4.79 Å². The van der Waals surface area contributed by atoms with Gasteiger partial charge in [0.15, 0.2) is 5.17 Å².